The number of hydrogen-bond acceptors (Lipinski definition) is 4. The number of carboxylic acid groups (broad SMARTS) is 1. The zero-order valence-electron chi connectivity index (χ0n) is 9.12. The molecule has 2 rings (SSSR count). The first-order valence-electron chi connectivity index (χ1n) is 4.97. The molecule has 0 fully saturated rings. The van der Waals surface area contributed by atoms with Gasteiger partial charge in [0.25, 0.3) is 0 Å². The standard InChI is InChI=1S/C12H9NO3S2/c13-11(14)6-2-7-1-3-8(17-7)9-4-5-10(18-9)12(15)16/h1-6H,(H2,13,14)(H,15,16)/b6-2-. The average molecular weight is 279 g/mol. The van der Waals surface area contributed by atoms with E-state index in [0.717, 1.165) is 14.6 Å². The third kappa shape index (κ3) is 2.85. The van der Waals surface area contributed by atoms with Crippen molar-refractivity contribution in [1.82, 2.24) is 0 Å². The van der Waals surface area contributed by atoms with Crippen LogP contribution < -0.4 is 5.73 Å². The molecule has 92 valence electrons. The van der Waals surface area contributed by atoms with Crippen molar-refractivity contribution >= 4 is 40.6 Å². The Labute approximate surface area is 111 Å². The van der Waals surface area contributed by atoms with Gasteiger partial charge in [-0.05, 0) is 30.3 Å². The lowest BCUT2D eigenvalue weighted by Crippen LogP contribution is -2.04. The van der Waals surface area contributed by atoms with E-state index < -0.39 is 11.9 Å². The molecule has 0 aliphatic carbocycles. The molecule has 6 heteroatoms. The van der Waals surface area contributed by atoms with Crippen LogP contribution in [-0.2, 0) is 4.79 Å². The van der Waals surface area contributed by atoms with Crippen molar-refractivity contribution in [2.45, 2.75) is 0 Å². The zero-order valence-corrected chi connectivity index (χ0v) is 10.8. The van der Waals surface area contributed by atoms with Crippen molar-refractivity contribution in [2.24, 2.45) is 5.73 Å². The molecular weight excluding hydrogens is 270 g/mol. The van der Waals surface area contributed by atoms with E-state index in [9.17, 15) is 9.59 Å². The molecule has 0 saturated carbocycles. The van der Waals surface area contributed by atoms with Gasteiger partial charge in [-0.3, -0.25) is 4.79 Å². The number of aromatic carboxylic acids is 1. The molecule has 18 heavy (non-hydrogen) atoms. The largest absolute Gasteiger partial charge is 0.477 e. The van der Waals surface area contributed by atoms with E-state index in [1.54, 1.807) is 18.2 Å². The second-order valence-electron chi connectivity index (χ2n) is 3.41. The van der Waals surface area contributed by atoms with Gasteiger partial charge in [-0.1, -0.05) is 0 Å². The number of rotatable bonds is 4. The van der Waals surface area contributed by atoms with Crippen LogP contribution in [0.15, 0.2) is 30.3 Å². The number of nitrogens with two attached hydrogens (primary N) is 1. The lowest BCUT2D eigenvalue weighted by molar-refractivity contribution is -0.113. The summed E-state index contributed by atoms with van der Waals surface area (Å²) in [6.07, 6.45) is 2.94. The Hall–Kier alpha value is -1.92. The number of amides is 1. The van der Waals surface area contributed by atoms with E-state index in [1.807, 2.05) is 12.1 Å². The van der Waals surface area contributed by atoms with E-state index in [-0.39, 0.29) is 0 Å². The van der Waals surface area contributed by atoms with Gasteiger partial charge in [0.05, 0.1) is 0 Å². The van der Waals surface area contributed by atoms with Crippen LogP contribution in [0.3, 0.4) is 0 Å². The lowest BCUT2D eigenvalue weighted by atomic mass is 10.3. The molecule has 2 aromatic heterocycles. The Balaban J connectivity index is 2.23. The Morgan fingerprint density at radius 1 is 1.11 bits per heavy atom. The third-order valence-corrected chi connectivity index (χ3v) is 4.42. The second kappa shape index (κ2) is 5.16. The van der Waals surface area contributed by atoms with Gasteiger partial charge >= 0.3 is 5.97 Å². The molecule has 0 unspecified atom stereocenters. The van der Waals surface area contributed by atoms with Gasteiger partial charge < -0.3 is 10.8 Å². The molecule has 4 nitrogen and oxygen atoms in total. The number of hydrogen-bond donors (Lipinski definition) is 2. The first kappa shape index (κ1) is 12.5. The van der Waals surface area contributed by atoms with E-state index in [1.165, 1.54) is 28.7 Å². The van der Waals surface area contributed by atoms with E-state index >= 15 is 0 Å². The summed E-state index contributed by atoms with van der Waals surface area (Å²) in [4.78, 5) is 24.5. The highest BCUT2D eigenvalue weighted by Gasteiger charge is 2.09. The molecule has 2 heterocycles. The number of carbonyl (C=O) groups excluding carboxylic acids is 1. The molecule has 0 aliphatic rings. The molecule has 0 radical (unpaired) electrons. The molecule has 0 aromatic carbocycles. The summed E-state index contributed by atoms with van der Waals surface area (Å²) in [7, 11) is 0. The second-order valence-corrected chi connectivity index (χ2v) is 5.61. The maximum Gasteiger partial charge on any atom is 0.345 e. The Morgan fingerprint density at radius 3 is 2.39 bits per heavy atom. The first-order valence-corrected chi connectivity index (χ1v) is 6.60. The fourth-order valence-electron chi connectivity index (χ4n) is 1.32. The van der Waals surface area contributed by atoms with Crippen LogP contribution in [0, 0.1) is 0 Å². The van der Waals surface area contributed by atoms with Crippen molar-refractivity contribution < 1.29 is 14.7 Å². The Kier molecular flexibility index (Phi) is 3.59. The van der Waals surface area contributed by atoms with Crippen molar-refractivity contribution in [1.29, 1.82) is 0 Å². The van der Waals surface area contributed by atoms with Gasteiger partial charge in [-0.2, -0.15) is 0 Å². The maximum absolute atomic E-state index is 10.8. The highest BCUT2D eigenvalue weighted by molar-refractivity contribution is 7.23. The molecular formula is C12H9NO3S2. The van der Waals surface area contributed by atoms with Gasteiger partial charge in [-0.25, -0.2) is 4.79 Å². The quantitative estimate of drug-likeness (QED) is 0.844. The van der Waals surface area contributed by atoms with Gasteiger partial charge in [-0.15, -0.1) is 22.7 Å². The predicted octanol–water partition coefficient (Wildman–Crippen LogP) is 2.67. The predicted molar refractivity (Wildman–Crippen MR) is 72.8 cm³/mol. The fourth-order valence-corrected chi connectivity index (χ4v) is 3.17. The van der Waals surface area contributed by atoms with E-state index in [2.05, 4.69) is 0 Å². The number of carboxylic acids is 1. The van der Waals surface area contributed by atoms with Gasteiger partial charge in [0.2, 0.25) is 5.91 Å². The molecule has 2 aromatic rings. The monoisotopic (exact) mass is 279 g/mol. The summed E-state index contributed by atoms with van der Waals surface area (Å²) in [5.74, 6) is -1.41. The molecule has 0 atom stereocenters. The Morgan fingerprint density at radius 2 is 1.78 bits per heavy atom. The zero-order chi connectivity index (χ0) is 13.1. The van der Waals surface area contributed by atoms with Crippen molar-refractivity contribution in [3.63, 3.8) is 0 Å². The van der Waals surface area contributed by atoms with E-state index in [0.29, 0.717) is 4.88 Å². The van der Waals surface area contributed by atoms with Crippen LogP contribution >= 0.6 is 22.7 Å². The summed E-state index contributed by atoms with van der Waals surface area (Å²) in [5, 5.41) is 8.85. The molecule has 0 aliphatic heterocycles. The fraction of sp³-hybridized carbons (Fsp3) is 0. The van der Waals surface area contributed by atoms with Gasteiger partial charge in [0.1, 0.15) is 4.88 Å². The smallest absolute Gasteiger partial charge is 0.345 e. The van der Waals surface area contributed by atoms with Gasteiger partial charge in [0.15, 0.2) is 0 Å². The summed E-state index contributed by atoms with van der Waals surface area (Å²) < 4.78 is 0. The van der Waals surface area contributed by atoms with Crippen LogP contribution in [-0.4, -0.2) is 17.0 Å². The van der Waals surface area contributed by atoms with Crippen LogP contribution in [0.25, 0.3) is 15.8 Å². The summed E-state index contributed by atoms with van der Waals surface area (Å²) in [6, 6.07) is 7.12. The van der Waals surface area contributed by atoms with Gasteiger partial charge in [0, 0.05) is 20.7 Å². The van der Waals surface area contributed by atoms with Crippen molar-refractivity contribution in [2.75, 3.05) is 0 Å². The molecule has 0 spiro atoms. The highest BCUT2D eigenvalue weighted by Crippen LogP contribution is 2.34. The number of carbonyl (C=O) groups is 2. The minimum atomic E-state index is -0.920. The lowest BCUT2D eigenvalue weighted by Gasteiger charge is -1.88. The minimum absolute atomic E-state index is 0.313. The first-order chi connectivity index (χ1) is 8.56. The third-order valence-electron chi connectivity index (χ3n) is 2.10. The molecule has 3 N–H and O–H groups in total. The van der Waals surface area contributed by atoms with E-state index in [4.69, 9.17) is 10.8 Å². The number of primary amides is 1. The number of thiophene rings is 2. The van der Waals surface area contributed by atoms with Crippen LogP contribution in [0.1, 0.15) is 14.5 Å². The molecule has 0 bridgehead atoms. The van der Waals surface area contributed by atoms with Crippen molar-refractivity contribution in [3.8, 4) is 9.75 Å². The SMILES string of the molecule is NC(=O)/C=C\c1ccc(-c2ccc(C(=O)O)s2)s1. The minimum Gasteiger partial charge on any atom is -0.477 e. The average Bonchev–Trinajstić information content (AvgIpc) is 2.95. The maximum atomic E-state index is 10.8. The Bertz CT molecular complexity index is 625. The highest BCUT2D eigenvalue weighted by atomic mass is 32.1. The summed E-state index contributed by atoms with van der Waals surface area (Å²) >= 11 is 2.70. The molecule has 1 amide bonds. The van der Waals surface area contributed by atoms with Crippen LogP contribution in [0.5, 0.6) is 0 Å². The van der Waals surface area contributed by atoms with Crippen molar-refractivity contribution in [3.05, 3.63) is 40.1 Å². The normalized spacial score (nSPS) is 10.9. The van der Waals surface area contributed by atoms with Crippen LogP contribution in [0.4, 0.5) is 0 Å². The summed E-state index contributed by atoms with van der Waals surface area (Å²) in [5.41, 5.74) is 5.01. The van der Waals surface area contributed by atoms with Crippen LogP contribution in [0.2, 0.25) is 0 Å². The summed E-state index contributed by atoms with van der Waals surface area (Å²) in [6.45, 7) is 0. The topological polar surface area (TPSA) is 80.4 Å². The molecule has 0 saturated heterocycles.